The van der Waals surface area contributed by atoms with E-state index in [0.717, 1.165) is 55.8 Å². The van der Waals surface area contributed by atoms with Gasteiger partial charge in [-0.05, 0) is 37.7 Å². The molecular formula is C24H35FN2O. The summed E-state index contributed by atoms with van der Waals surface area (Å²) < 4.78 is 18.9. The molecule has 0 radical (unpaired) electrons. The standard InChI is InChI=1S/C24H35FN2O/c1-3-5-6-10-17-28-23-18-26-24(27-19-23)21-15-13-20(14-16-21)11-8-7-9-12-22(25)4-2/h13-16,18-19,22H,3-12,17H2,1-2H3. The van der Waals surface area contributed by atoms with Gasteiger partial charge in [-0.25, -0.2) is 14.4 Å². The van der Waals surface area contributed by atoms with E-state index in [4.69, 9.17) is 4.74 Å². The molecule has 154 valence electrons. The first-order valence-corrected chi connectivity index (χ1v) is 10.9. The Hall–Kier alpha value is -1.97. The van der Waals surface area contributed by atoms with E-state index >= 15 is 0 Å². The molecule has 1 atom stereocenters. The van der Waals surface area contributed by atoms with Crippen LogP contribution in [0.3, 0.4) is 0 Å². The fourth-order valence-corrected chi connectivity index (χ4v) is 3.15. The average Bonchev–Trinajstić information content (AvgIpc) is 2.74. The third-order valence-electron chi connectivity index (χ3n) is 5.03. The summed E-state index contributed by atoms with van der Waals surface area (Å²) in [6.45, 7) is 4.84. The van der Waals surface area contributed by atoms with E-state index in [1.54, 1.807) is 12.4 Å². The normalized spacial score (nSPS) is 12.1. The topological polar surface area (TPSA) is 35.0 Å². The second-order valence-electron chi connectivity index (χ2n) is 7.45. The van der Waals surface area contributed by atoms with Gasteiger partial charge in [-0.15, -0.1) is 0 Å². The number of nitrogens with zero attached hydrogens (tertiary/aromatic N) is 2. The summed E-state index contributed by atoms with van der Waals surface area (Å²) in [6, 6.07) is 8.43. The fraction of sp³-hybridized carbons (Fsp3) is 0.583. The maximum absolute atomic E-state index is 13.2. The van der Waals surface area contributed by atoms with E-state index < -0.39 is 6.17 Å². The van der Waals surface area contributed by atoms with Gasteiger partial charge in [-0.1, -0.05) is 70.2 Å². The molecule has 3 nitrogen and oxygen atoms in total. The lowest BCUT2D eigenvalue weighted by Gasteiger charge is -2.07. The first-order valence-electron chi connectivity index (χ1n) is 10.9. The molecule has 2 aromatic rings. The number of hydrogen-bond acceptors (Lipinski definition) is 3. The van der Waals surface area contributed by atoms with Crippen molar-refractivity contribution in [1.29, 1.82) is 0 Å². The van der Waals surface area contributed by atoms with Gasteiger partial charge in [-0.2, -0.15) is 0 Å². The molecule has 1 unspecified atom stereocenters. The number of halogens is 1. The number of hydrogen-bond donors (Lipinski definition) is 0. The van der Waals surface area contributed by atoms with Crippen molar-refractivity contribution < 1.29 is 9.13 Å². The van der Waals surface area contributed by atoms with E-state index in [1.165, 1.54) is 24.8 Å². The van der Waals surface area contributed by atoms with Crippen molar-refractivity contribution in [3.8, 4) is 17.1 Å². The third-order valence-corrected chi connectivity index (χ3v) is 5.03. The summed E-state index contributed by atoms with van der Waals surface area (Å²) in [5.41, 5.74) is 2.32. The van der Waals surface area contributed by atoms with Crippen molar-refractivity contribution in [3.63, 3.8) is 0 Å². The Morgan fingerprint density at radius 3 is 2.29 bits per heavy atom. The third kappa shape index (κ3) is 8.37. The minimum atomic E-state index is -0.628. The summed E-state index contributed by atoms with van der Waals surface area (Å²) in [7, 11) is 0. The van der Waals surface area contributed by atoms with Crippen molar-refractivity contribution in [1.82, 2.24) is 9.97 Å². The van der Waals surface area contributed by atoms with E-state index in [9.17, 15) is 4.39 Å². The highest BCUT2D eigenvalue weighted by Gasteiger charge is 2.04. The fourth-order valence-electron chi connectivity index (χ4n) is 3.15. The van der Waals surface area contributed by atoms with Gasteiger partial charge in [0.05, 0.1) is 25.2 Å². The average molecular weight is 387 g/mol. The van der Waals surface area contributed by atoms with Gasteiger partial charge in [0.25, 0.3) is 0 Å². The van der Waals surface area contributed by atoms with Crippen molar-refractivity contribution in [3.05, 3.63) is 42.2 Å². The molecular weight excluding hydrogens is 351 g/mol. The molecule has 0 aliphatic carbocycles. The largest absolute Gasteiger partial charge is 0.490 e. The van der Waals surface area contributed by atoms with E-state index in [1.807, 2.05) is 6.92 Å². The van der Waals surface area contributed by atoms with Crippen LogP contribution in [-0.2, 0) is 6.42 Å². The Morgan fingerprint density at radius 1 is 0.893 bits per heavy atom. The van der Waals surface area contributed by atoms with Crippen LogP contribution in [0.4, 0.5) is 4.39 Å². The molecule has 1 aromatic heterocycles. The minimum Gasteiger partial charge on any atom is -0.490 e. The predicted molar refractivity (Wildman–Crippen MR) is 114 cm³/mol. The van der Waals surface area contributed by atoms with Gasteiger partial charge >= 0.3 is 0 Å². The van der Waals surface area contributed by atoms with Gasteiger partial charge in [0, 0.05) is 5.56 Å². The number of aromatic nitrogens is 2. The Kier molecular flexibility index (Phi) is 10.6. The first kappa shape index (κ1) is 22.3. The molecule has 0 amide bonds. The molecule has 0 saturated heterocycles. The molecule has 0 N–H and O–H groups in total. The maximum atomic E-state index is 13.2. The smallest absolute Gasteiger partial charge is 0.159 e. The van der Waals surface area contributed by atoms with Gasteiger partial charge in [0.15, 0.2) is 11.6 Å². The highest BCUT2D eigenvalue weighted by molar-refractivity contribution is 5.55. The molecule has 0 aliphatic heterocycles. The van der Waals surface area contributed by atoms with Crippen molar-refractivity contribution in [2.45, 2.75) is 84.2 Å². The van der Waals surface area contributed by atoms with E-state index in [0.29, 0.717) is 12.8 Å². The lowest BCUT2D eigenvalue weighted by atomic mass is 10.0. The number of rotatable bonds is 14. The SMILES string of the molecule is CCCCCCOc1cnc(-c2ccc(CCCCCC(F)CC)cc2)nc1. The number of aryl methyl sites for hydroxylation is 1. The number of alkyl halides is 1. The van der Waals surface area contributed by atoms with Crippen LogP contribution in [0.25, 0.3) is 11.4 Å². The molecule has 0 aliphatic rings. The van der Waals surface area contributed by atoms with Gasteiger partial charge < -0.3 is 4.74 Å². The molecule has 0 saturated carbocycles. The zero-order valence-corrected chi connectivity index (χ0v) is 17.5. The predicted octanol–water partition coefficient (Wildman–Crippen LogP) is 6.95. The van der Waals surface area contributed by atoms with Crippen LogP contribution in [0, 0.1) is 0 Å². The second-order valence-corrected chi connectivity index (χ2v) is 7.45. The van der Waals surface area contributed by atoms with Crippen LogP contribution < -0.4 is 4.74 Å². The molecule has 2 rings (SSSR count). The highest BCUT2D eigenvalue weighted by atomic mass is 19.1. The molecule has 4 heteroatoms. The minimum absolute atomic E-state index is 0.628. The van der Waals surface area contributed by atoms with Crippen LogP contribution in [0.15, 0.2) is 36.7 Å². The molecule has 0 bridgehead atoms. The molecule has 0 fully saturated rings. The first-order chi connectivity index (χ1) is 13.7. The van der Waals surface area contributed by atoms with E-state index in [-0.39, 0.29) is 0 Å². The van der Waals surface area contributed by atoms with Crippen molar-refractivity contribution in [2.75, 3.05) is 6.61 Å². The van der Waals surface area contributed by atoms with Crippen LogP contribution in [0.2, 0.25) is 0 Å². The second kappa shape index (κ2) is 13.2. The summed E-state index contributed by atoms with van der Waals surface area (Å²) in [5, 5.41) is 0. The van der Waals surface area contributed by atoms with Gasteiger partial charge in [0.1, 0.15) is 0 Å². The number of unbranched alkanes of at least 4 members (excludes halogenated alkanes) is 5. The van der Waals surface area contributed by atoms with Crippen molar-refractivity contribution >= 4 is 0 Å². The van der Waals surface area contributed by atoms with Crippen LogP contribution in [0.1, 0.15) is 77.2 Å². The zero-order chi connectivity index (χ0) is 20.0. The van der Waals surface area contributed by atoms with E-state index in [2.05, 4.69) is 41.2 Å². The number of ether oxygens (including phenoxy) is 1. The number of benzene rings is 1. The summed E-state index contributed by atoms with van der Waals surface area (Å²) in [4.78, 5) is 8.87. The highest BCUT2D eigenvalue weighted by Crippen LogP contribution is 2.19. The molecule has 28 heavy (non-hydrogen) atoms. The van der Waals surface area contributed by atoms with Crippen LogP contribution in [0.5, 0.6) is 5.75 Å². The molecule has 1 heterocycles. The Morgan fingerprint density at radius 2 is 1.61 bits per heavy atom. The lowest BCUT2D eigenvalue weighted by Crippen LogP contribution is -1.99. The maximum Gasteiger partial charge on any atom is 0.159 e. The zero-order valence-electron chi connectivity index (χ0n) is 17.5. The molecule has 1 aromatic carbocycles. The Balaban J connectivity index is 1.73. The van der Waals surface area contributed by atoms with Crippen LogP contribution >= 0.6 is 0 Å². The van der Waals surface area contributed by atoms with Gasteiger partial charge in [-0.3, -0.25) is 0 Å². The summed E-state index contributed by atoms with van der Waals surface area (Å²) >= 11 is 0. The van der Waals surface area contributed by atoms with Crippen molar-refractivity contribution in [2.24, 2.45) is 0 Å². The Bertz CT molecular complexity index is 643. The quantitative estimate of drug-likeness (QED) is 0.329. The lowest BCUT2D eigenvalue weighted by molar-refractivity contribution is 0.297. The summed E-state index contributed by atoms with van der Waals surface area (Å²) in [5.74, 6) is 1.45. The Labute approximate surface area is 169 Å². The monoisotopic (exact) mass is 386 g/mol. The molecule has 0 spiro atoms. The van der Waals surface area contributed by atoms with Gasteiger partial charge in [0.2, 0.25) is 0 Å². The van der Waals surface area contributed by atoms with Crippen LogP contribution in [-0.4, -0.2) is 22.7 Å². The summed E-state index contributed by atoms with van der Waals surface area (Å²) in [6.07, 6.45) is 13.2.